The van der Waals surface area contributed by atoms with Gasteiger partial charge in [-0.3, -0.25) is 0 Å². The van der Waals surface area contributed by atoms with E-state index in [1.807, 2.05) is 0 Å². The fourth-order valence-electron chi connectivity index (χ4n) is 7.41. The van der Waals surface area contributed by atoms with E-state index in [9.17, 15) is 0 Å². The number of unbranched alkanes of at least 4 members (excludes halogenated alkanes) is 2. The van der Waals surface area contributed by atoms with E-state index in [1.54, 1.807) is 22.3 Å². The molecule has 0 heterocycles. The average molecular weight is 559 g/mol. The number of rotatable bonds is 10. The highest BCUT2D eigenvalue weighted by molar-refractivity contribution is 6.77. The van der Waals surface area contributed by atoms with Crippen LogP contribution in [0.2, 0.25) is 26.2 Å². The molecule has 0 fully saturated rings. The molecule has 212 valence electrons. The van der Waals surface area contributed by atoms with Crippen molar-refractivity contribution in [1.29, 1.82) is 0 Å². The molecule has 2 aliphatic rings. The van der Waals surface area contributed by atoms with Gasteiger partial charge in [-0.2, -0.15) is 0 Å². The summed E-state index contributed by atoms with van der Waals surface area (Å²) in [5, 5.41) is 0. The first kappa shape index (κ1) is 30.2. The number of hydrogen-bond donors (Lipinski definition) is 2. The van der Waals surface area contributed by atoms with Crippen LogP contribution in [0.3, 0.4) is 0 Å². The van der Waals surface area contributed by atoms with Gasteiger partial charge in [0, 0.05) is 22.2 Å². The second-order valence-corrected chi connectivity index (χ2v) is 23.9. The van der Waals surface area contributed by atoms with Crippen LogP contribution in [-0.4, -0.2) is 27.5 Å². The molecule has 0 amide bonds. The summed E-state index contributed by atoms with van der Waals surface area (Å²) in [5.41, 5.74) is 10.7. The van der Waals surface area contributed by atoms with Gasteiger partial charge in [-0.05, 0) is 101 Å². The smallest absolute Gasteiger partial charge is 0.131 e. The van der Waals surface area contributed by atoms with Crippen molar-refractivity contribution < 1.29 is 0 Å². The largest absolute Gasteiger partial charge is 0.332 e. The maximum absolute atomic E-state index is 4.03. The van der Waals surface area contributed by atoms with Crippen molar-refractivity contribution in [2.45, 2.75) is 122 Å². The summed E-state index contributed by atoms with van der Waals surface area (Å²) in [5.74, 6) is 0. The Labute approximate surface area is 242 Å². The van der Waals surface area contributed by atoms with Crippen molar-refractivity contribution in [3.8, 4) is 0 Å². The van der Waals surface area contributed by atoms with E-state index in [1.165, 1.54) is 43.2 Å². The molecule has 2 nitrogen and oxygen atoms in total. The average Bonchev–Trinajstić information content (AvgIpc) is 3.36. The minimum Gasteiger partial charge on any atom is -0.332 e. The van der Waals surface area contributed by atoms with Crippen LogP contribution in [0.1, 0.15) is 107 Å². The molecule has 2 N–H and O–H groups in total. The molecule has 2 aliphatic carbocycles. The molecule has 4 rings (SSSR count). The van der Waals surface area contributed by atoms with Crippen LogP contribution in [0.15, 0.2) is 60.7 Å². The predicted octanol–water partition coefficient (Wildman–Crippen LogP) is 9.56. The summed E-state index contributed by atoms with van der Waals surface area (Å²) >= 11 is 0. The third-order valence-corrected chi connectivity index (χ3v) is 15.2. The van der Waals surface area contributed by atoms with Crippen molar-refractivity contribution in [2.24, 2.45) is 0 Å². The Morgan fingerprint density at radius 1 is 0.564 bits per heavy atom. The normalized spacial score (nSPS) is 19.5. The van der Waals surface area contributed by atoms with Gasteiger partial charge in [0.2, 0.25) is 0 Å². The molecular formula is C35H54N2Si2. The van der Waals surface area contributed by atoms with Crippen LogP contribution in [0.5, 0.6) is 0 Å². The minimum absolute atomic E-state index is 0.147. The van der Waals surface area contributed by atoms with Crippen molar-refractivity contribution in [3.63, 3.8) is 0 Å². The lowest BCUT2D eigenvalue weighted by Gasteiger charge is -2.37. The van der Waals surface area contributed by atoms with Crippen molar-refractivity contribution >= 4 is 27.6 Å². The van der Waals surface area contributed by atoms with E-state index in [-0.39, 0.29) is 11.1 Å². The molecule has 0 aliphatic heterocycles. The van der Waals surface area contributed by atoms with Crippen LogP contribution >= 0.6 is 0 Å². The molecule has 0 saturated carbocycles. The molecule has 2 atom stereocenters. The van der Waals surface area contributed by atoms with Gasteiger partial charge in [0.05, 0.1) is 0 Å². The summed E-state index contributed by atoms with van der Waals surface area (Å²) in [6.45, 7) is 23.8. The third-order valence-electron chi connectivity index (χ3n) is 8.36. The molecular weight excluding hydrogens is 505 g/mol. The van der Waals surface area contributed by atoms with E-state index in [0.29, 0.717) is 11.1 Å². The zero-order chi connectivity index (χ0) is 28.6. The second-order valence-electron chi connectivity index (χ2n) is 15.3. The Balaban J connectivity index is 1.39. The standard InChI is InChI=1S/C35H54N2Si2/c1-34(2,3)36-38(7,8)32-24-26(28-20-14-16-22-30(28)32)18-12-11-13-19-27-25-33(31-23-17-15-21-29(27)31)39(9,10)37-35(4,5)6/h14-17,20-25,32-33,36-37H,11-13,18-19H2,1-10H3. The molecule has 4 heteroatoms. The summed E-state index contributed by atoms with van der Waals surface area (Å²) in [6, 6.07) is 18.4. The van der Waals surface area contributed by atoms with Crippen LogP contribution in [0.25, 0.3) is 11.1 Å². The minimum atomic E-state index is -1.68. The maximum atomic E-state index is 4.03. The molecule has 2 aromatic carbocycles. The lowest BCUT2D eigenvalue weighted by Crippen LogP contribution is -2.57. The number of fused-ring (bicyclic) bond motifs is 2. The molecule has 39 heavy (non-hydrogen) atoms. The quantitative estimate of drug-likeness (QED) is 0.224. The van der Waals surface area contributed by atoms with Crippen LogP contribution in [-0.2, 0) is 0 Å². The molecule has 0 radical (unpaired) electrons. The Morgan fingerprint density at radius 3 is 1.28 bits per heavy atom. The SMILES string of the molecule is CC(C)(C)N[Si](C)(C)C1C=C(CCCCCC2=CC([Si](C)(C)NC(C)(C)C)c3ccccc32)c2ccccc21. The van der Waals surface area contributed by atoms with E-state index in [0.717, 1.165) is 0 Å². The van der Waals surface area contributed by atoms with Crippen LogP contribution in [0.4, 0.5) is 0 Å². The fourth-order valence-corrected chi connectivity index (χ4v) is 14.9. The summed E-state index contributed by atoms with van der Waals surface area (Å²) in [4.78, 5) is 8.05. The topological polar surface area (TPSA) is 24.1 Å². The third kappa shape index (κ3) is 7.32. The highest BCUT2D eigenvalue weighted by atomic mass is 28.3. The summed E-state index contributed by atoms with van der Waals surface area (Å²) in [7, 11) is -3.36. The number of benzene rings is 2. The predicted molar refractivity (Wildman–Crippen MR) is 178 cm³/mol. The van der Waals surface area contributed by atoms with E-state index >= 15 is 0 Å². The molecule has 0 aromatic heterocycles. The molecule has 0 bridgehead atoms. The first-order valence-electron chi connectivity index (χ1n) is 15.3. The van der Waals surface area contributed by atoms with E-state index in [2.05, 4.69) is 138 Å². The van der Waals surface area contributed by atoms with Gasteiger partial charge in [-0.1, -0.05) is 93.3 Å². The highest BCUT2D eigenvalue weighted by Crippen LogP contribution is 2.44. The van der Waals surface area contributed by atoms with E-state index in [4.69, 9.17) is 0 Å². The Morgan fingerprint density at radius 2 is 0.923 bits per heavy atom. The summed E-state index contributed by atoms with van der Waals surface area (Å²) < 4.78 is 0. The van der Waals surface area contributed by atoms with Crippen molar-refractivity contribution in [1.82, 2.24) is 9.96 Å². The van der Waals surface area contributed by atoms with Crippen molar-refractivity contribution in [3.05, 3.63) is 82.9 Å². The number of allylic oxidation sites excluding steroid dienone is 4. The molecule has 2 unspecified atom stereocenters. The Kier molecular flexibility index (Phi) is 8.74. The second kappa shape index (κ2) is 11.3. The van der Waals surface area contributed by atoms with Gasteiger partial charge in [0.15, 0.2) is 0 Å². The van der Waals surface area contributed by atoms with Gasteiger partial charge >= 0.3 is 0 Å². The lowest BCUT2D eigenvalue weighted by atomic mass is 9.98. The maximum Gasteiger partial charge on any atom is 0.131 e. The van der Waals surface area contributed by atoms with Crippen molar-refractivity contribution in [2.75, 3.05) is 0 Å². The molecule has 2 aromatic rings. The first-order chi connectivity index (χ1) is 18.1. The van der Waals surface area contributed by atoms with Gasteiger partial charge in [0.25, 0.3) is 0 Å². The number of nitrogens with one attached hydrogen (secondary N) is 2. The zero-order valence-electron chi connectivity index (χ0n) is 26.5. The fraction of sp³-hybridized carbons (Fsp3) is 0.543. The van der Waals surface area contributed by atoms with E-state index < -0.39 is 16.5 Å². The number of hydrogen-bond acceptors (Lipinski definition) is 2. The van der Waals surface area contributed by atoms with Gasteiger partial charge in [0.1, 0.15) is 16.5 Å². The summed E-state index contributed by atoms with van der Waals surface area (Å²) in [6.07, 6.45) is 11.5. The monoisotopic (exact) mass is 558 g/mol. The van der Waals surface area contributed by atoms with Crippen LogP contribution in [0, 0.1) is 0 Å². The Bertz CT molecular complexity index is 1130. The first-order valence-corrected chi connectivity index (χ1v) is 21.4. The zero-order valence-corrected chi connectivity index (χ0v) is 28.5. The molecule has 0 saturated heterocycles. The highest BCUT2D eigenvalue weighted by Gasteiger charge is 2.40. The van der Waals surface area contributed by atoms with Gasteiger partial charge in [-0.25, -0.2) is 0 Å². The van der Waals surface area contributed by atoms with Gasteiger partial charge in [-0.15, -0.1) is 0 Å². The lowest BCUT2D eigenvalue weighted by molar-refractivity contribution is 0.508. The van der Waals surface area contributed by atoms with Crippen LogP contribution < -0.4 is 9.96 Å². The Hall–Kier alpha value is -1.73. The molecule has 0 spiro atoms. The van der Waals surface area contributed by atoms with Gasteiger partial charge < -0.3 is 9.96 Å².